The first-order chi connectivity index (χ1) is 8.75. The number of carboxylic acid groups (broad SMARTS) is 1. The third-order valence-corrected chi connectivity index (χ3v) is 3.36. The topological polar surface area (TPSA) is 68.0 Å². The van der Waals surface area contributed by atoms with E-state index in [1.807, 2.05) is 10.8 Å². The van der Waals surface area contributed by atoms with Crippen molar-refractivity contribution >= 4 is 17.7 Å². The summed E-state index contributed by atoms with van der Waals surface area (Å²) in [7, 11) is 0. The molecule has 0 unspecified atom stereocenters. The van der Waals surface area contributed by atoms with E-state index in [4.69, 9.17) is 5.11 Å². The Morgan fingerprint density at radius 2 is 2.33 bits per heavy atom. The zero-order valence-corrected chi connectivity index (χ0v) is 10.5. The quantitative estimate of drug-likeness (QED) is 0.639. The minimum absolute atomic E-state index is 0.280. The molecule has 0 spiro atoms. The minimum Gasteiger partial charge on any atom is -0.478 e. The molecule has 0 atom stereocenters. The standard InChI is InChI=1S/C12H13N3O2S/c16-12(17)10-2-3-14-11(8-10)18-7-1-5-15-6-4-13-9-15/h2-4,6,8-9H,1,5,7H2,(H,16,17). The maximum Gasteiger partial charge on any atom is 0.335 e. The average Bonchev–Trinajstić information content (AvgIpc) is 2.88. The number of pyridine rings is 1. The van der Waals surface area contributed by atoms with Gasteiger partial charge in [-0.25, -0.2) is 14.8 Å². The maximum absolute atomic E-state index is 10.8. The predicted octanol–water partition coefficient (Wildman–Crippen LogP) is 2.16. The lowest BCUT2D eigenvalue weighted by atomic mass is 10.3. The van der Waals surface area contributed by atoms with Gasteiger partial charge in [0.05, 0.1) is 16.9 Å². The molecule has 6 heteroatoms. The van der Waals surface area contributed by atoms with Gasteiger partial charge in [-0.2, -0.15) is 0 Å². The van der Waals surface area contributed by atoms with Crippen LogP contribution in [0.15, 0.2) is 42.1 Å². The highest BCUT2D eigenvalue weighted by Gasteiger charge is 2.04. The highest BCUT2D eigenvalue weighted by molar-refractivity contribution is 7.99. The Bertz CT molecular complexity index is 514. The monoisotopic (exact) mass is 263 g/mol. The van der Waals surface area contributed by atoms with Crippen LogP contribution >= 0.6 is 11.8 Å². The van der Waals surface area contributed by atoms with Gasteiger partial charge in [0.1, 0.15) is 0 Å². The summed E-state index contributed by atoms with van der Waals surface area (Å²) in [5.41, 5.74) is 0.280. The number of carboxylic acids is 1. The van der Waals surface area contributed by atoms with Crippen LogP contribution in [0.25, 0.3) is 0 Å². The van der Waals surface area contributed by atoms with Crippen LogP contribution in [0.2, 0.25) is 0 Å². The van der Waals surface area contributed by atoms with Gasteiger partial charge in [-0.05, 0) is 18.6 Å². The lowest BCUT2D eigenvalue weighted by Gasteiger charge is -2.03. The van der Waals surface area contributed by atoms with Gasteiger partial charge in [0.15, 0.2) is 0 Å². The Labute approximate surface area is 109 Å². The van der Waals surface area contributed by atoms with Crippen molar-refractivity contribution in [1.29, 1.82) is 0 Å². The van der Waals surface area contributed by atoms with Gasteiger partial charge in [0, 0.05) is 30.9 Å². The highest BCUT2D eigenvalue weighted by atomic mass is 32.2. The molecule has 0 radical (unpaired) electrons. The second-order valence-electron chi connectivity index (χ2n) is 3.69. The third kappa shape index (κ3) is 3.59. The van der Waals surface area contributed by atoms with Crippen molar-refractivity contribution in [2.45, 2.75) is 18.0 Å². The Morgan fingerprint density at radius 3 is 3.06 bits per heavy atom. The summed E-state index contributed by atoms with van der Waals surface area (Å²) < 4.78 is 2.02. The van der Waals surface area contributed by atoms with E-state index in [1.54, 1.807) is 30.4 Å². The molecule has 0 fully saturated rings. The van der Waals surface area contributed by atoms with Gasteiger partial charge in [-0.3, -0.25) is 0 Å². The van der Waals surface area contributed by atoms with Crippen molar-refractivity contribution < 1.29 is 9.90 Å². The average molecular weight is 263 g/mol. The van der Waals surface area contributed by atoms with Crippen molar-refractivity contribution in [1.82, 2.24) is 14.5 Å². The molecule has 0 amide bonds. The van der Waals surface area contributed by atoms with E-state index in [0.717, 1.165) is 23.7 Å². The van der Waals surface area contributed by atoms with E-state index >= 15 is 0 Å². The summed E-state index contributed by atoms with van der Waals surface area (Å²) in [6.45, 7) is 0.908. The molecule has 2 aromatic heterocycles. The van der Waals surface area contributed by atoms with Crippen molar-refractivity contribution in [3.8, 4) is 0 Å². The molecule has 0 aliphatic rings. The van der Waals surface area contributed by atoms with E-state index < -0.39 is 5.97 Å². The lowest BCUT2D eigenvalue weighted by molar-refractivity contribution is 0.0696. The van der Waals surface area contributed by atoms with Gasteiger partial charge >= 0.3 is 5.97 Å². The smallest absolute Gasteiger partial charge is 0.335 e. The summed E-state index contributed by atoms with van der Waals surface area (Å²) in [6.07, 6.45) is 7.98. The molecule has 5 nitrogen and oxygen atoms in total. The van der Waals surface area contributed by atoms with E-state index in [0.29, 0.717) is 0 Å². The molecular weight excluding hydrogens is 250 g/mol. The molecule has 1 N–H and O–H groups in total. The van der Waals surface area contributed by atoms with Gasteiger partial charge < -0.3 is 9.67 Å². The van der Waals surface area contributed by atoms with Crippen LogP contribution in [0.3, 0.4) is 0 Å². The highest BCUT2D eigenvalue weighted by Crippen LogP contribution is 2.17. The molecule has 0 saturated carbocycles. The van der Waals surface area contributed by atoms with Crippen molar-refractivity contribution in [3.05, 3.63) is 42.6 Å². The second kappa shape index (κ2) is 6.20. The number of nitrogens with zero attached hydrogens (tertiary/aromatic N) is 3. The van der Waals surface area contributed by atoms with Crippen molar-refractivity contribution in [2.75, 3.05) is 5.75 Å². The molecule has 0 aromatic carbocycles. The number of hydrogen-bond acceptors (Lipinski definition) is 4. The molecule has 0 aliphatic heterocycles. The number of thioether (sulfide) groups is 1. The van der Waals surface area contributed by atoms with Crippen LogP contribution in [0, 0.1) is 0 Å². The van der Waals surface area contributed by atoms with Crippen LogP contribution in [0.1, 0.15) is 16.8 Å². The molecule has 0 aliphatic carbocycles. The first kappa shape index (κ1) is 12.6. The Kier molecular flexibility index (Phi) is 4.35. The second-order valence-corrected chi connectivity index (χ2v) is 4.81. The summed E-state index contributed by atoms with van der Waals surface area (Å²) in [5, 5.41) is 9.61. The fraction of sp³-hybridized carbons (Fsp3) is 0.250. The van der Waals surface area contributed by atoms with Crippen molar-refractivity contribution in [3.63, 3.8) is 0 Å². The Hall–Kier alpha value is -1.82. The predicted molar refractivity (Wildman–Crippen MR) is 68.8 cm³/mol. The van der Waals surface area contributed by atoms with Gasteiger partial charge in [-0.15, -0.1) is 11.8 Å². The van der Waals surface area contributed by atoms with E-state index in [-0.39, 0.29) is 5.56 Å². The van der Waals surface area contributed by atoms with Gasteiger partial charge in [-0.1, -0.05) is 0 Å². The molecule has 0 saturated heterocycles. The van der Waals surface area contributed by atoms with Gasteiger partial charge in [0.2, 0.25) is 0 Å². The summed E-state index contributed by atoms with van der Waals surface area (Å²) in [6, 6.07) is 3.10. The molecule has 2 heterocycles. The van der Waals surface area contributed by atoms with Crippen LogP contribution in [-0.2, 0) is 6.54 Å². The minimum atomic E-state index is -0.919. The molecule has 94 valence electrons. The molecule has 2 rings (SSSR count). The van der Waals surface area contributed by atoms with Gasteiger partial charge in [0.25, 0.3) is 0 Å². The van der Waals surface area contributed by atoms with E-state index in [9.17, 15) is 4.79 Å². The van der Waals surface area contributed by atoms with Crippen LogP contribution in [-0.4, -0.2) is 31.4 Å². The number of aromatic nitrogens is 3. The van der Waals surface area contributed by atoms with E-state index in [1.165, 1.54) is 12.3 Å². The summed E-state index contributed by atoms with van der Waals surface area (Å²) >= 11 is 1.57. The zero-order chi connectivity index (χ0) is 12.8. The maximum atomic E-state index is 10.8. The molecule has 18 heavy (non-hydrogen) atoms. The SMILES string of the molecule is O=C(O)c1ccnc(SCCCn2ccnc2)c1. The van der Waals surface area contributed by atoms with Crippen LogP contribution in [0.4, 0.5) is 0 Å². The summed E-state index contributed by atoms with van der Waals surface area (Å²) in [4.78, 5) is 18.9. The number of imidazole rings is 1. The normalized spacial score (nSPS) is 10.4. The fourth-order valence-electron chi connectivity index (χ4n) is 1.46. The third-order valence-electron chi connectivity index (χ3n) is 2.35. The Balaban J connectivity index is 1.79. The largest absolute Gasteiger partial charge is 0.478 e. The first-order valence-corrected chi connectivity index (χ1v) is 6.52. The van der Waals surface area contributed by atoms with Crippen LogP contribution < -0.4 is 0 Å². The molecular formula is C12H13N3O2S. The Morgan fingerprint density at radius 1 is 1.44 bits per heavy atom. The zero-order valence-electron chi connectivity index (χ0n) is 9.69. The fourth-order valence-corrected chi connectivity index (χ4v) is 2.29. The first-order valence-electron chi connectivity index (χ1n) is 5.53. The lowest BCUT2D eigenvalue weighted by Crippen LogP contribution is -1.98. The molecule has 0 bridgehead atoms. The number of aromatic carboxylic acids is 1. The van der Waals surface area contributed by atoms with E-state index in [2.05, 4.69) is 9.97 Å². The van der Waals surface area contributed by atoms with Crippen molar-refractivity contribution in [2.24, 2.45) is 0 Å². The number of aryl methyl sites for hydroxylation is 1. The number of rotatable bonds is 6. The number of hydrogen-bond donors (Lipinski definition) is 1. The molecule has 2 aromatic rings. The number of carbonyl (C=O) groups is 1. The summed E-state index contributed by atoms with van der Waals surface area (Å²) in [5.74, 6) is -0.0218. The van der Waals surface area contributed by atoms with Crippen LogP contribution in [0.5, 0.6) is 0 Å².